The quantitative estimate of drug-likeness (QED) is 0.322. The second kappa shape index (κ2) is 6.92. The first-order valence-corrected chi connectivity index (χ1v) is 6.94. The van der Waals surface area contributed by atoms with Crippen molar-refractivity contribution in [1.29, 1.82) is 0 Å². The van der Waals surface area contributed by atoms with Gasteiger partial charge in [0.1, 0.15) is 34.5 Å². The summed E-state index contributed by atoms with van der Waals surface area (Å²) in [5, 5.41) is 1.36. The van der Waals surface area contributed by atoms with Crippen LogP contribution in [0.5, 0.6) is 0 Å². The van der Waals surface area contributed by atoms with Crippen molar-refractivity contribution in [3.8, 4) is 11.1 Å². The van der Waals surface area contributed by atoms with Crippen LogP contribution >= 0.6 is 11.6 Å². The van der Waals surface area contributed by atoms with E-state index in [0.717, 1.165) is 6.92 Å². The van der Waals surface area contributed by atoms with Crippen molar-refractivity contribution in [2.45, 2.75) is 19.1 Å². The van der Waals surface area contributed by atoms with Crippen molar-refractivity contribution < 1.29 is 26.3 Å². The van der Waals surface area contributed by atoms with E-state index in [1.165, 1.54) is 0 Å². The molecule has 2 rings (SSSR count). The number of nitrogens with zero attached hydrogens (tertiary/aromatic N) is 2. The standard InChI is InChI=1S/C13H10ClF6N5/c1-4(13(18,19)20)22-11-9(10(14)23-12(24-11)25-21)8-6(16)2-5(15)3-7(8)17/h2-4H,21H2,1H3,(H2,22,23,24,25). The number of aromatic nitrogens is 2. The van der Waals surface area contributed by atoms with Gasteiger partial charge in [0, 0.05) is 12.1 Å². The van der Waals surface area contributed by atoms with Gasteiger partial charge in [0.05, 0.1) is 11.1 Å². The van der Waals surface area contributed by atoms with Gasteiger partial charge in [-0.3, -0.25) is 5.43 Å². The fourth-order valence-electron chi connectivity index (χ4n) is 1.89. The lowest BCUT2D eigenvalue weighted by Gasteiger charge is -2.21. The third-order valence-electron chi connectivity index (χ3n) is 3.10. The monoisotopic (exact) mass is 385 g/mol. The molecule has 2 aromatic rings. The normalized spacial score (nSPS) is 12.8. The lowest BCUT2D eigenvalue weighted by Crippen LogP contribution is -2.34. The molecule has 1 unspecified atom stereocenters. The van der Waals surface area contributed by atoms with Gasteiger partial charge in [-0.05, 0) is 6.92 Å². The van der Waals surface area contributed by atoms with Crippen molar-refractivity contribution in [2.75, 3.05) is 10.7 Å². The van der Waals surface area contributed by atoms with Crippen molar-refractivity contribution in [3.63, 3.8) is 0 Å². The van der Waals surface area contributed by atoms with Crippen LogP contribution in [-0.2, 0) is 0 Å². The zero-order chi connectivity index (χ0) is 18.9. The summed E-state index contributed by atoms with van der Waals surface area (Å²) in [5.74, 6) is 0.0665. The summed E-state index contributed by atoms with van der Waals surface area (Å²) in [6.45, 7) is 0.757. The number of halogens is 7. The maximum absolute atomic E-state index is 14.0. The number of benzene rings is 1. The summed E-state index contributed by atoms with van der Waals surface area (Å²) < 4.78 is 79.5. The number of hydrogen-bond acceptors (Lipinski definition) is 5. The molecule has 0 aliphatic heterocycles. The van der Waals surface area contributed by atoms with E-state index in [-0.39, 0.29) is 0 Å². The number of hydrogen-bond donors (Lipinski definition) is 3. The fraction of sp³-hybridized carbons (Fsp3) is 0.231. The first-order chi connectivity index (χ1) is 11.5. The van der Waals surface area contributed by atoms with Crippen LogP contribution in [0.15, 0.2) is 12.1 Å². The molecular weight excluding hydrogens is 376 g/mol. The van der Waals surface area contributed by atoms with Crippen LogP contribution in [0.3, 0.4) is 0 Å². The van der Waals surface area contributed by atoms with Gasteiger partial charge in [0.2, 0.25) is 5.95 Å². The SMILES string of the molecule is CC(Nc1nc(NN)nc(Cl)c1-c1c(F)cc(F)cc1F)C(F)(F)F. The Labute approximate surface area is 142 Å². The summed E-state index contributed by atoms with van der Waals surface area (Å²) in [4.78, 5) is 7.19. The predicted molar refractivity (Wildman–Crippen MR) is 79.3 cm³/mol. The predicted octanol–water partition coefficient (Wildman–Crippen LogP) is 3.86. The first kappa shape index (κ1) is 19.1. The number of anilines is 2. The van der Waals surface area contributed by atoms with Gasteiger partial charge in [-0.1, -0.05) is 11.6 Å². The van der Waals surface area contributed by atoms with E-state index in [0.29, 0.717) is 12.1 Å². The molecule has 0 aliphatic rings. The van der Waals surface area contributed by atoms with Gasteiger partial charge >= 0.3 is 6.18 Å². The third kappa shape index (κ3) is 4.04. The van der Waals surface area contributed by atoms with Crippen molar-refractivity contribution in [2.24, 2.45) is 5.84 Å². The summed E-state index contributed by atoms with van der Waals surface area (Å²) >= 11 is 5.83. The van der Waals surface area contributed by atoms with Crippen LogP contribution in [0.25, 0.3) is 11.1 Å². The van der Waals surface area contributed by atoms with Gasteiger partial charge in [-0.15, -0.1) is 0 Å². The fourth-order valence-corrected chi connectivity index (χ4v) is 2.16. The van der Waals surface area contributed by atoms with E-state index in [1.807, 2.05) is 10.7 Å². The van der Waals surface area contributed by atoms with Crippen LogP contribution in [-0.4, -0.2) is 22.2 Å². The molecule has 136 valence electrons. The van der Waals surface area contributed by atoms with Gasteiger partial charge in [0.15, 0.2) is 0 Å². The smallest absolute Gasteiger partial charge is 0.358 e. The third-order valence-corrected chi connectivity index (χ3v) is 3.37. The van der Waals surface area contributed by atoms with Crippen molar-refractivity contribution in [3.05, 3.63) is 34.7 Å². The minimum Gasteiger partial charge on any atom is -0.358 e. The van der Waals surface area contributed by atoms with Crippen LogP contribution in [0.2, 0.25) is 5.15 Å². The maximum Gasteiger partial charge on any atom is 0.408 e. The molecule has 12 heteroatoms. The van der Waals surface area contributed by atoms with Gasteiger partial charge in [0.25, 0.3) is 0 Å². The van der Waals surface area contributed by atoms with Gasteiger partial charge < -0.3 is 5.32 Å². The Morgan fingerprint density at radius 2 is 1.64 bits per heavy atom. The van der Waals surface area contributed by atoms with Crippen LogP contribution in [0.1, 0.15) is 6.92 Å². The first-order valence-electron chi connectivity index (χ1n) is 6.57. The van der Waals surface area contributed by atoms with E-state index in [1.54, 1.807) is 0 Å². The number of nitrogens with two attached hydrogens (primary N) is 1. The molecule has 0 amide bonds. The van der Waals surface area contributed by atoms with Gasteiger partial charge in [-0.25, -0.2) is 19.0 Å². The Bertz CT molecular complexity index is 774. The highest BCUT2D eigenvalue weighted by Crippen LogP contribution is 2.38. The molecule has 0 saturated carbocycles. The van der Waals surface area contributed by atoms with E-state index in [2.05, 4.69) is 9.97 Å². The molecule has 1 aromatic carbocycles. The lowest BCUT2D eigenvalue weighted by molar-refractivity contribution is -0.138. The summed E-state index contributed by atoms with van der Waals surface area (Å²) in [5.41, 5.74) is 0.474. The summed E-state index contributed by atoms with van der Waals surface area (Å²) in [6.07, 6.45) is -4.69. The number of nitrogens with one attached hydrogen (secondary N) is 2. The summed E-state index contributed by atoms with van der Waals surface area (Å²) in [6, 6.07) is -1.45. The highest BCUT2D eigenvalue weighted by atomic mass is 35.5. The lowest BCUT2D eigenvalue weighted by atomic mass is 10.1. The molecule has 0 bridgehead atoms. The Balaban J connectivity index is 2.69. The zero-order valence-corrected chi connectivity index (χ0v) is 13.1. The van der Waals surface area contributed by atoms with E-state index >= 15 is 0 Å². The summed E-state index contributed by atoms with van der Waals surface area (Å²) in [7, 11) is 0. The average Bonchev–Trinajstić information content (AvgIpc) is 2.47. The molecule has 1 aromatic heterocycles. The molecule has 0 saturated heterocycles. The number of hydrazine groups is 1. The molecule has 5 nitrogen and oxygen atoms in total. The molecule has 0 fully saturated rings. The molecular formula is C13H10ClF6N5. The zero-order valence-electron chi connectivity index (χ0n) is 12.3. The number of rotatable bonds is 4. The minimum absolute atomic E-state index is 0.348. The molecule has 4 N–H and O–H groups in total. The average molecular weight is 386 g/mol. The topological polar surface area (TPSA) is 75.9 Å². The maximum atomic E-state index is 14.0. The Kier molecular flexibility index (Phi) is 5.28. The molecule has 25 heavy (non-hydrogen) atoms. The molecule has 0 spiro atoms. The van der Waals surface area contributed by atoms with Gasteiger partial charge in [-0.2, -0.15) is 23.1 Å². The Morgan fingerprint density at radius 1 is 1.08 bits per heavy atom. The highest BCUT2D eigenvalue weighted by Gasteiger charge is 2.37. The van der Waals surface area contributed by atoms with E-state index in [9.17, 15) is 26.3 Å². The van der Waals surface area contributed by atoms with Crippen molar-refractivity contribution in [1.82, 2.24) is 9.97 Å². The highest BCUT2D eigenvalue weighted by molar-refractivity contribution is 6.32. The Morgan fingerprint density at radius 3 is 2.12 bits per heavy atom. The molecule has 1 heterocycles. The van der Waals surface area contributed by atoms with Crippen molar-refractivity contribution >= 4 is 23.4 Å². The number of nitrogen functional groups attached to an aromatic ring is 1. The van der Waals surface area contributed by atoms with E-state index in [4.69, 9.17) is 17.4 Å². The Hall–Kier alpha value is -2.27. The van der Waals surface area contributed by atoms with Crippen LogP contribution in [0.4, 0.5) is 38.1 Å². The van der Waals surface area contributed by atoms with Crippen LogP contribution in [0, 0.1) is 17.5 Å². The molecule has 1 atom stereocenters. The van der Waals surface area contributed by atoms with E-state index < -0.39 is 57.7 Å². The second-order valence-corrected chi connectivity index (χ2v) is 5.22. The minimum atomic E-state index is -4.69. The number of alkyl halides is 3. The largest absolute Gasteiger partial charge is 0.408 e. The van der Waals surface area contributed by atoms with Crippen LogP contribution < -0.4 is 16.6 Å². The molecule has 0 radical (unpaired) electrons. The molecule has 0 aliphatic carbocycles. The second-order valence-electron chi connectivity index (χ2n) is 4.86.